The number of hydrogen-bond donors (Lipinski definition) is 1. The van der Waals surface area contributed by atoms with Crippen molar-refractivity contribution < 1.29 is 24.1 Å². The molecule has 1 aromatic rings. The van der Waals surface area contributed by atoms with Crippen molar-refractivity contribution in [2.75, 3.05) is 33.9 Å². The molecule has 0 aliphatic carbocycles. The van der Waals surface area contributed by atoms with E-state index < -0.39 is 11.7 Å². The minimum Gasteiger partial charge on any atom is -0.497 e. The summed E-state index contributed by atoms with van der Waals surface area (Å²) >= 11 is 0. The maximum Gasteiger partial charge on any atom is 0.254 e. The Morgan fingerprint density at radius 2 is 1.96 bits per heavy atom. The van der Waals surface area contributed by atoms with Crippen LogP contribution in [0.15, 0.2) is 18.2 Å². The Labute approximate surface area is 135 Å². The molecule has 0 unspecified atom stereocenters. The van der Waals surface area contributed by atoms with Gasteiger partial charge in [-0.05, 0) is 31.4 Å². The molecule has 1 aromatic carbocycles. The zero-order chi connectivity index (χ0) is 16.4. The Bertz CT molecular complexity index is 560. The van der Waals surface area contributed by atoms with E-state index in [1.807, 2.05) is 0 Å². The van der Waals surface area contributed by atoms with E-state index in [1.54, 1.807) is 37.3 Å². The van der Waals surface area contributed by atoms with Crippen molar-refractivity contribution in [3.8, 4) is 11.5 Å². The highest BCUT2D eigenvalue weighted by Crippen LogP contribution is 2.36. The molecule has 2 heterocycles. The maximum atomic E-state index is 12.7. The Balaban J connectivity index is 1.76. The number of carbonyl (C=O) groups excluding carboxylic acids is 1. The van der Waals surface area contributed by atoms with Gasteiger partial charge in [0.15, 0.2) is 0 Å². The number of carbonyl (C=O) groups is 1. The molecule has 0 aromatic heterocycles. The van der Waals surface area contributed by atoms with E-state index in [4.69, 9.17) is 14.2 Å². The summed E-state index contributed by atoms with van der Waals surface area (Å²) in [7, 11) is 3.10. The first-order valence-electron chi connectivity index (χ1n) is 7.92. The number of rotatable bonds is 3. The molecule has 2 saturated heterocycles. The molecule has 2 aliphatic heterocycles. The van der Waals surface area contributed by atoms with Crippen LogP contribution in [0.2, 0.25) is 0 Å². The van der Waals surface area contributed by atoms with Crippen molar-refractivity contribution in [2.45, 2.75) is 31.0 Å². The quantitative estimate of drug-likeness (QED) is 0.913. The summed E-state index contributed by atoms with van der Waals surface area (Å²) < 4.78 is 16.2. The van der Waals surface area contributed by atoms with Gasteiger partial charge in [-0.3, -0.25) is 4.79 Å². The third-order valence-corrected chi connectivity index (χ3v) is 4.82. The first-order chi connectivity index (χ1) is 11.1. The maximum absolute atomic E-state index is 12.7. The molecule has 2 atom stereocenters. The predicted octanol–water partition coefficient (Wildman–Crippen LogP) is 1.46. The molecule has 2 fully saturated rings. The van der Waals surface area contributed by atoms with Crippen LogP contribution < -0.4 is 9.47 Å². The van der Waals surface area contributed by atoms with Crippen molar-refractivity contribution in [1.82, 2.24) is 4.90 Å². The van der Waals surface area contributed by atoms with Crippen LogP contribution in [0.3, 0.4) is 0 Å². The summed E-state index contributed by atoms with van der Waals surface area (Å²) in [6, 6.07) is 5.10. The lowest BCUT2D eigenvalue weighted by molar-refractivity contribution is -0.122. The highest BCUT2D eigenvalue weighted by atomic mass is 16.5. The van der Waals surface area contributed by atoms with Crippen LogP contribution in [-0.4, -0.2) is 61.5 Å². The summed E-state index contributed by atoms with van der Waals surface area (Å²) in [5.41, 5.74) is 0.0414. The summed E-state index contributed by atoms with van der Waals surface area (Å²) in [4.78, 5) is 14.4. The summed E-state index contributed by atoms with van der Waals surface area (Å²) in [6.45, 7) is 1.56. The molecule has 6 nitrogen and oxygen atoms in total. The molecule has 23 heavy (non-hydrogen) atoms. The van der Waals surface area contributed by atoms with Gasteiger partial charge in [-0.15, -0.1) is 0 Å². The fraction of sp³-hybridized carbons (Fsp3) is 0.588. The number of nitrogens with zero attached hydrogens (tertiary/aromatic N) is 1. The number of methoxy groups -OCH3 is 2. The third-order valence-electron chi connectivity index (χ3n) is 4.82. The van der Waals surface area contributed by atoms with E-state index in [0.717, 1.165) is 12.8 Å². The Morgan fingerprint density at radius 3 is 2.48 bits per heavy atom. The van der Waals surface area contributed by atoms with Gasteiger partial charge in [0.05, 0.1) is 19.8 Å². The van der Waals surface area contributed by atoms with E-state index in [-0.39, 0.29) is 5.91 Å². The number of piperidine rings is 1. The second-order valence-corrected chi connectivity index (χ2v) is 6.14. The van der Waals surface area contributed by atoms with Crippen molar-refractivity contribution >= 4 is 5.91 Å². The van der Waals surface area contributed by atoms with Gasteiger partial charge in [-0.25, -0.2) is 0 Å². The van der Waals surface area contributed by atoms with Crippen LogP contribution in [0.4, 0.5) is 0 Å². The van der Waals surface area contributed by atoms with Gasteiger partial charge in [-0.1, -0.05) is 0 Å². The normalized spacial score (nSPS) is 27.3. The number of amides is 1. The first-order valence-corrected chi connectivity index (χ1v) is 7.92. The summed E-state index contributed by atoms with van der Waals surface area (Å²) in [6.07, 6.45) is 1.86. The number of hydrogen-bond acceptors (Lipinski definition) is 5. The largest absolute Gasteiger partial charge is 0.497 e. The molecule has 0 saturated carbocycles. The highest BCUT2D eigenvalue weighted by Gasteiger charge is 2.46. The average Bonchev–Trinajstić information content (AvgIpc) is 3.06. The highest BCUT2D eigenvalue weighted by molar-refractivity contribution is 5.95. The molecule has 1 spiro atoms. The fourth-order valence-electron chi connectivity index (χ4n) is 3.43. The third kappa shape index (κ3) is 3.01. The second-order valence-electron chi connectivity index (χ2n) is 6.14. The standard InChI is InChI=1S/C17H23NO5/c1-21-13-8-12(9-14(10-13)22-2)16(20)18-6-5-17(15(19)11-18)4-3-7-23-17/h8-10,15,19H,3-7,11H2,1-2H3/t15-,17-/m0/s1. The minimum atomic E-state index is -0.643. The molecule has 3 rings (SSSR count). The topological polar surface area (TPSA) is 68.2 Å². The van der Waals surface area contributed by atoms with Gasteiger partial charge in [0, 0.05) is 31.3 Å². The molecular formula is C17H23NO5. The summed E-state index contributed by atoms with van der Waals surface area (Å²) in [5, 5.41) is 10.5. The molecule has 0 bridgehead atoms. The number of ether oxygens (including phenoxy) is 3. The van der Waals surface area contributed by atoms with E-state index in [9.17, 15) is 9.90 Å². The SMILES string of the molecule is COc1cc(OC)cc(C(=O)N2CC[C@@]3(CCCO3)[C@@H](O)C2)c1. The van der Waals surface area contributed by atoms with Gasteiger partial charge in [0.25, 0.3) is 5.91 Å². The van der Waals surface area contributed by atoms with E-state index in [2.05, 4.69) is 0 Å². The lowest BCUT2D eigenvalue weighted by Gasteiger charge is -2.42. The van der Waals surface area contributed by atoms with Crippen molar-refractivity contribution in [3.05, 3.63) is 23.8 Å². The van der Waals surface area contributed by atoms with Gasteiger partial charge < -0.3 is 24.2 Å². The van der Waals surface area contributed by atoms with E-state index in [1.165, 1.54) is 0 Å². The number of benzene rings is 1. The van der Waals surface area contributed by atoms with Crippen LogP contribution >= 0.6 is 0 Å². The second kappa shape index (κ2) is 6.37. The van der Waals surface area contributed by atoms with Crippen molar-refractivity contribution in [3.63, 3.8) is 0 Å². The fourth-order valence-corrected chi connectivity index (χ4v) is 3.43. The number of aliphatic hydroxyl groups excluding tert-OH is 1. The average molecular weight is 321 g/mol. The molecule has 0 radical (unpaired) electrons. The van der Waals surface area contributed by atoms with E-state index >= 15 is 0 Å². The van der Waals surface area contributed by atoms with Gasteiger partial charge >= 0.3 is 0 Å². The van der Waals surface area contributed by atoms with E-state index in [0.29, 0.717) is 43.2 Å². The molecule has 126 valence electrons. The molecule has 1 N–H and O–H groups in total. The number of likely N-dealkylation sites (tertiary alicyclic amines) is 1. The lowest BCUT2D eigenvalue weighted by atomic mass is 9.86. The number of aliphatic hydroxyl groups is 1. The smallest absolute Gasteiger partial charge is 0.254 e. The lowest BCUT2D eigenvalue weighted by Crippen LogP contribution is -2.56. The van der Waals surface area contributed by atoms with Gasteiger partial charge in [-0.2, -0.15) is 0 Å². The zero-order valence-electron chi connectivity index (χ0n) is 13.6. The minimum absolute atomic E-state index is 0.130. The zero-order valence-corrected chi connectivity index (χ0v) is 13.6. The molecular weight excluding hydrogens is 298 g/mol. The number of β-amino-alcohol motifs (C(OH)–C–C–N with tert-alkyl or cyclic N) is 1. The Morgan fingerprint density at radius 1 is 1.26 bits per heavy atom. The Kier molecular flexibility index (Phi) is 4.46. The van der Waals surface area contributed by atoms with Crippen LogP contribution in [0.5, 0.6) is 11.5 Å². The van der Waals surface area contributed by atoms with Crippen LogP contribution in [0.1, 0.15) is 29.6 Å². The van der Waals surface area contributed by atoms with Crippen LogP contribution in [0.25, 0.3) is 0 Å². The molecule has 2 aliphatic rings. The van der Waals surface area contributed by atoms with Crippen molar-refractivity contribution in [1.29, 1.82) is 0 Å². The van der Waals surface area contributed by atoms with Crippen LogP contribution in [-0.2, 0) is 4.74 Å². The molecule has 1 amide bonds. The summed E-state index contributed by atoms with van der Waals surface area (Å²) in [5.74, 6) is 1.01. The Hall–Kier alpha value is -1.79. The van der Waals surface area contributed by atoms with Gasteiger partial charge in [0.2, 0.25) is 0 Å². The first kappa shape index (κ1) is 16.1. The van der Waals surface area contributed by atoms with Crippen molar-refractivity contribution in [2.24, 2.45) is 0 Å². The van der Waals surface area contributed by atoms with Crippen LogP contribution in [0, 0.1) is 0 Å². The monoisotopic (exact) mass is 321 g/mol. The van der Waals surface area contributed by atoms with Gasteiger partial charge in [0.1, 0.15) is 17.6 Å². The predicted molar refractivity (Wildman–Crippen MR) is 84.0 cm³/mol. The molecule has 6 heteroatoms.